The van der Waals surface area contributed by atoms with Crippen LogP contribution in [0.15, 0.2) is 30.3 Å². The summed E-state index contributed by atoms with van der Waals surface area (Å²) in [4.78, 5) is 37.7. The van der Waals surface area contributed by atoms with Crippen molar-refractivity contribution in [1.82, 2.24) is 4.90 Å². The van der Waals surface area contributed by atoms with Crippen LogP contribution in [0.2, 0.25) is 0 Å². The number of amides is 1. The second-order valence-corrected chi connectivity index (χ2v) is 5.88. The van der Waals surface area contributed by atoms with E-state index in [0.29, 0.717) is 5.75 Å². The van der Waals surface area contributed by atoms with Crippen LogP contribution in [0.1, 0.15) is 20.3 Å². The van der Waals surface area contributed by atoms with Crippen LogP contribution in [0.25, 0.3) is 0 Å². The summed E-state index contributed by atoms with van der Waals surface area (Å²) in [6.07, 6.45) is 0.270. The maximum Gasteiger partial charge on any atom is 0.331 e. The Labute approximate surface area is 135 Å². The Morgan fingerprint density at radius 3 is 2.48 bits per heavy atom. The van der Waals surface area contributed by atoms with Crippen LogP contribution in [0.4, 0.5) is 0 Å². The number of rotatable bonds is 5. The fourth-order valence-electron chi connectivity index (χ4n) is 2.88. The summed E-state index contributed by atoms with van der Waals surface area (Å²) in [5, 5.41) is 0. The van der Waals surface area contributed by atoms with E-state index >= 15 is 0 Å². The van der Waals surface area contributed by atoms with E-state index in [0.717, 1.165) is 0 Å². The molecule has 1 aromatic carbocycles. The number of nitrogens with zero attached hydrogens (tertiary/aromatic N) is 1. The van der Waals surface area contributed by atoms with Gasteiger partial charge in [0.05, 0.1) is 7.11 Å². The molecule has 0 aliphatic carbocycles. The Balaban J connectivity index is 2.12. The molecule has 0 spiro atoms. The van der Waals surface area contributed by atoms with Crippen LogP contribution >= 0.6 is 0 Å². The summed E-state index contributed by atoms with van der Waals surface area (Å²) >= 11 is 0. The van der Waals surface area contributed by atoms with Gasteiger partial charge < -0.3 is 14.4 Å². The normalized spacial score (nSPS) is 23.4. The molecule has 23 heavy (non-hydrogen) atoms. The molecule has 6 nitrogen and oxygen atoms in total. The van der Waals surface area contributed by atoms with Crippen molar-refractivity contribution in [3.8, 4) is 5.75 Å². The average Bonchev–Trinajstić information content (AvgIpc) is 2.92. The summed E-state index contributed by atoms with van der Waals surface area (Å²) in [6.45, 7) is 3.11. The average molecular weight is 319 g/mol. The highest BCUT2D eigenvalue weighted by Gasteiger charge is 2.51. The molecule has 0 radical (unpaired) electrons. The molecule has 1 fully saturated rings. The maximum atomic E-state index is 12.5. The largest absolute Gasteiger partial charge is 0.484 e. The van der Waals surface area contributed by atoms with Gasteiger partial charge in [-0.3, -0.25) is 9.59 Å². The van der Waals surface area contributed by atoms with E-state index in [1.54, 1.807) is 31.2 Å². The maximum absolute atomic E-state index is 12.5. The molecule has 1 aromatic rings. The van der Waals surface area contributed by atoms with Crippen LogP contribution in [-0.4, -0.2) is 48.4 Å². The number of carbonyl (C=O) groups excluding carboxylic acids is 3. The lowest BCUT2D eigenvalue weighted by atomic mass is 9.92. The number of esters is 1. The van der Waals surface area contributed by atoms with Gasteiger partial charge in [-0.25, -0.2) is 4.79 Å². The van der Waals surface area contributed by atoms with Crippen molar-refractivity contribution >= 4 is 17.7 Å². The van der Waals surface area contributed by atoms with Gasteiger partial charge in [-0.05, 0) is 32.4 Å². The number of ketones is 1. The smallest absolute Gasteiger partial charge is 0.331 e. The number of benzene rings is 1. The van der Waals surface area contributed by atoms with Crippen LogP contribution in [0.3, 0.4) is 0 Å². The highest BCUT2D eigenvalue weighted by Crippen LogP contribution is 2.34. The number of carbonyl (C=O) groups is 3. The highest BCUT2D eigenvalue weighted by atomic mass is 16.5. The third-order valence-corrected chi connectivity index (χ3v) is 4.25. The molecule has 1 aliphatic heterocycles. The molecule has 1 heterocycles. The molecule has 1 saturated heterocycles. The Bertz CT molecular complexity index is 600. The first-order chi connectivity index (χ1) is 10.9. The summed E-state index contributed by atoms with van der Waals surface area (Å²) in [6, 6.07) is 8.95. The summed E-state index contributed by atoms with van der Waals surface area (Å²) < 4.78 is 10.3. The second kappa shape index (κ2) is 6.81. The van der Waals surface area contributed by atoms with Crippen LogP contribution in [-0.2, 0) is 19.1 Å². The van der Waals surface area contributed by atoms with E-state index in [1.165, 1.54) is 18.9 Å². The molecule has 2 atom stereocenters. The van der Waals surface area contributed by atoms with Gasteiger partial charge >= 0.3 is 5.97 Å². The second-order valence-electron chi connectivity index (χ2n) is 5.88. The molecular formula is C17H21NO5. The van der Waals surface area contributed by atoms with Crippen molar-refractivity contribution in [3.05, 3.63) is 30.3 Å². The Kier molecular flexibility index (Phi) is 5.03. The molecule has 0 bridgehead atoms. The Morgan fingerprint density at radius 1 is 1.26 bits per heavy atom. The molecule has 0 unspecified atom stereocenters. The summed E-state index contributed by atoms with van der Waals surface area (Å²) in [7, 11) is 1.28. The minimum atomic E-state index is -1.14. The van der Waals surface area contributed by atoms with Crippen LogP contribution < -0.4 is 4.74 Å². The first kappa shape index (κ1) is 17.0. The Morgan fingerprint density at radius 2 is 1.91 bits per heavy atom. The van der Waals surface area contributed by atoms with E-state index in [1.807, 2.05) is 6.07 Å². The standard InChI is InChI=1S/C17H21NO5/c1-12(19)13-9-17(2,16(21)22-3)18(10-13)15(20)11-23-14-7-5-4-6-8-14/h4-8,13H,9-11H2,1-3H3/t13-,17-/m0/s1. The number of ether oxygens (including phenoxy) is 2. The zero-order valence-electron chi connectivity index (χ0n) is 13.6. The molecule has 0 saturated carbocycles. The Hall–Kier alpha value is -2.37. The van der Waals surface area contributed by atoms with Gasteiger partial charge in [0.25, 0.3) is 5.91 Å². The van der Waals surface area contributed by atoms with Crippen LogP contribution in [0, 0.1) is 5.92 Å². The van der Waals surface area contributed by atoms with Crippen molar-refractivity contribution in [1.29, 1.82) is 0 Å². The molecule has 1 amide bonds. The fourth-order valence-corrected chi connectivity index (χ4v) is 2.88. The van der Waals surface area contributed by atoms with Crippen molar-refractivity contribution in [2.75, 3.05) is 20.3 Å². The zero-order valence-corrected chi connectivity index (χ0v) is 13.6. The first-order valence-corrected chi connectivity index (χ1v) is 7.45. The van der Waals surface area contributed by atoms with Crippen molar-refractivity contribution < 1.29 is 23.9 Å². The van der Waals surface area contributed by atoms with Crippen molar-refractivity contribution in [2.45, 2.75) is 25.8 Å². The van der Waals surface area contributed by atoms with E-state index in [-0.39, 0.29) is 37.2 Å². The molecule has 2 rings (SSSR count). The lowest BCUT2D eigenvalue weighted by Crippen LogP contribution is -2.52. The third kappa shape index (κ3) is 3.52. The SMILES string of the molecule is COC(=O)[C@]1(C)C[C@H](C(C)=O)CN1C(=O)COc1ccccc1. The van der Waals surface area contributed by atoms with Gasteiger partial charge in [0.1, 0.15) is 17.1 Å². The molecule has 124 valence electrons. The number of methoxy groups -OCH3 is 1. The van der Waals surface area contributed by atoms with Gasteiger partial charge in [0, 0.05) is 12.5 Å². The van der Waals surface area contributed by atoms with Gasteiger partial charge in [-0.2, -0.15) is 0 Å². The predicted octanol–water partition coefficient (Wildman–Crippen LogP) is 1.43. The number of Topliss-reactive ketones (excluding diaryl/α,β-unsaturated/α-hetero) is 1. The van der Waals surface area contributed by atoms with Gasteiger partial charge in [-0.15, -0.1) is 0 Å². The van der Waals surface area contributed by atoms with Gasteiger partial charge in [0.15, 0.2) is 6.61 Å². The minimum Gasteiger partial charge on any atom is -0.484 e. The number of hydrogen-bond donors (Lipinski definition) is 0. The molecule has 1 aliphatic rings. The van der Waals surface area contributed by atoms with Crippen LogP contribution in [0.5, 0.6) is 5.75 Å². The van der Waals surface area contributed by atoms with E-state index in [9.17, 15) is 14.4 Å². The topological polar surface area (TPSA) is 72.9 Å². The van der Waals surface area contributed by atoms with Crippen molar-refractivity contribution in [2.24, 2.45) is 5.92 Å². The lowest BCUT2D eigenvalue weighted by molar-refractivity contribution is -0.158. The lowest BCUT2D eigenvalue weighted by Gasteiger charge is -2.32. The molecule has 6 heteroatoms. The highest BCUT2D eigenvalue weighted by molar-refractivity contribution is 5.91. The van der Waals surface area contributed by atoms with E-state index in [4.69, 9.17) is 9.47 Å². The van der Waals surface area contributed by atoms with Crippen molar-refractivity contribution in [3.63, 3.8) is 0 Å². The minimum absolute atomic E-state index is 0.0422. The summed E-state index contributed by atoms with van der Waals surface area (Å²) in [5.74, 6) is -0.693. The quantitative estimate of drug-likeness (QED) is 0.768. The number of hydrogen-bond acceptors (Lipinski definition) is 5. The monoisotopic (exact) mass is 319 g/mol. The summed E-state index contributed by atoms with van der Waals surface area (Å²) in [5.41, 5.74) is -1.14. The van der Waals surface area contributed by atoms with Gasteiger partial charge in [-0.1, -0.05) is 18.2 Å². The van der Waals surface area contributed by atoms with E-state index in [2.05, 4.69) is 0 Å². The third-order valence-electron chi connectivity index (χ3n) is 4.25. The zero-order chi connectivity index (χ0) is 17.0. The molecular weight excluding hydrogens is 298 g/mol. The fraction of sp³-hybridized carbons (Fsp3) is 0.471. The molecule has 0 N–H and O–H groups in total. The molecule has 0 aromatic heterocycles. The van der Waals surface area contributed by atoms with Gasteiger partial charge in [0.2, 0.25) is 0 Å². The predicted molar refractivity (Wildman–Crippen MR) is 82.9 cm³/mol. The number of likely N-dealkylation sites (tertiary alicyclic amines) is 1. The number of para-hydroxylation sites is 1. The van der Waals surface area contributed by atoms with E-state index < -0.39 is 11.5 Å². The first-order valence-electron chi connectivity index (χ1n) is 7.45.